The predicted octanol–water partition coefficient (Wildman–Crippen LogP) is 4.80. The van der Waals surface area contributed by atoms with Crippen molar-refractivity contribution in [1.29, 1.82) is 0 Å². The van der Waals surface area contributed by atoms with Crippen molar-refractivity contribution < 1.29 is 80.6 Å². The Morgan fingerprint density at radius 2 is 0.960 bits per heavy atom. The third kappa shape index (κ3) is 43.4. The fourth-order valence-corrected chi connectivity index (χ4v) is 8.37. The molecule has 22 nitrogen and oxygen atoms in total. The molecule has 0 saturated carbocycles. The van der Waals surface area contributed by atoms with Gasteiger partial charge in [-0.05, 0) is 75.6 Å². The zero-order valence-electron chi connectivity index (χ0n) is 43.9. The Hall–Kier alpha value is -4.46. The van der Waals surface area contributed by atoms with Gasteiger partial charge in [-0.15, -0.1) is 0 Å². The van der Waals surface area contributed by atoms with Crippen molar-refractivity contribution in [3.05, 3.63) is 29.8 Å². The van der Waals surface area contributed by atoms with Crippen molar-refractivity contribution in [1.82, 2.24) is 26.0 Å². The first-order valence-corrected chi connectivity index (χ1v) is 29.3. The number of alkyl halides is 1. The van der Waals surface area contributed by atoms with Gasteiger partial charge in [-0.3, -0.25) is 28.7 Å². The molecule has 5 amide bonds. The Morgan fingerprint density at radius 1 is 0.480 bits per heavy atom. The van der Waals surface area contributed by atoms with Crippen LogP contribution in [0.3, 0.4) is 0 Å². The number of carboxylic acids is 2. The lowest BCUT2D eigenvalue weighted by molar-refractivity contribution is -0.142. The number of carbonyl (C=O) groups excluding carboxylic acids is 5. The van der Waals surface area contributed by atoms with Crippen LogP contribution >= 0.6 is 15.9 Å². The van der Waals surface area contributed by atoms with Gasteiger partial charge >= 0.3 is 11.9 Å². The second-order valence-corrected chi connectivity index (χ2v) is 20.2. The third-order valence-corrected chi connectivity index (χ3v) is 13.0. The highest BCUT2D eigenvalue weighted by atomic mass is 79.9. The number of hydrogen-bond donors (Lipinski definition) is 7. The molecule has 75 heavy (non-hydrogen) atoms. The molecule has 0 fully saturated rings. The van der Waals surface area contributed by atoms with E-state index < -0.39 is 39.8 Å². The van der Waals surface area contributed by atoms with Gasteiger partial charge in [0.1, 0.15) is 25.0 Å². The first-order valence-electron chi connectivity index (χ1n) is 26.5. The van der Waals surface area contributed by atoms with Gasteiger partial charge in [-0.2, -0.15) is 0 Å². The summed E-state index contributed by atoms with van der Waals surface area (Å²) in [4.78, 5) is 81.9. The van der Waals surface area contributed by atoms with Crippen LogP contribution in [0.5, 0.6) is 5.75 Å². The lowest BCUT2D eigenvalue weighted by atomic mass is 10.1. The topological polar surface area (TPSA) is 310 Å². The van der Waals surface area contributed by atoms with Crippen molar-refractivity contribution in [2.24, 2.45) is 0 Å². The quantitative estimate of drug-likeness (QED) is 0.0340. The van der Waals surface area contributed by atoms with Crippen molar-refractivity contribution in [3.8, 4) is 5.75 Å². The Balaban J connectivity index is 1.86. The van der Waals surface area contributed by atoms with E-state index >= 15 is 0 Å². The number of rotatable bonds is 52. The lowest BCUT2D eigenvalue weighted by Crippen LogP contribution is -2.42. The molecule has 430 valence electrons. The van der Waals surface area contributed by atoms with Gasteiger partial charge in [0, 0.05) is 45.7 Å². The minimum atomic E-state index is -3.84. The zero-order chi connectivity index (χ0) is 55.0. The number of aliphatic carboxylic acids is 1. The van der Waals surface area contributed by atoms with E-state index in [1.165, 1.54) is 32.1 Å². The number of amides is 5. The predicted molar refractivity (Wildman–Crippen MR) is 284 cm³/mol. The van der Waals surface area contributed by atoms with E-state index in [4.69, 9.17) is 33.5 Å². The number of carboxylic acid groups (broad SMARTS) is 2. The van der Waals surface area contributed by atoms with Crippen LogP contribution in [-0.4, -0.2) is 170 Å². The summed E-state index contributed by atoms with van der Waals surface area (Å²) in [5.41, 5.74) is 0.255. The first-order chi connectivity index (χ1) is 36.2. The molecule has 1 rings (SSSR count). The summed E-state index contributed by atoms with van der Waals surface area (Å²) >= 11 is 3.04. The molecule has 0 saturated heterocycles. The molecule has 1 atom stereocenters. The normalized spacial score (nSPS) is 11.6. The highest BCUT2D eigenvalue weighted by Gasteiger charge is 2.20. The van der Waals surface area contributed by atoms with Gasteiger partial charge in [-0.25, -0.2) is 18.0 Å². The Labute approximate surface area is 452 Å². The largest absolute Gasteiger partial charge is 0.494 e. The van der Waals surface area contributed by atoms with Crippen LogP contribution in [0, 0.1) is 0 Å². The average Bonchev–Trinajstić information content (AvgIpc) is 3.37. The standard InChI is InChI=1S/C51H86BrN5O17S/c52-39-47(60)53-26-14-13-19-44(51(65)66)56-49(62)41-73-37-35-71-33-28-55-48(61)40-72-36-34-70-32-27-54-45(58)21-18-38-75(67,68)57-46(59)20-12-8-4-3-6-10-16-30-69-29-15-9-5-1-2-7-11-17-31-74-43-24-22-42(23-25-43)50(63)64/h22-25,44H,1-21,26-41H2,(H,53,60)(H,54,58)(H,55,61)(H,56,62)(H,57,59)(H,63,64)(H,65,66)/t44-/m0/s1. The molecule has 1 aromatic rings. The highest BCUT2D eigenvalue weighted by molar-refractivity contribution is 9.09. The Morgan fingerprint density at radius 3 is 1.52 bits per heavy atom. The number of nitrogens with one attached hydrogen (secondary N) is 5. The van der Waals surface area contributed by atoms with Crippen LogP contribution in [0.1, 0.15) is 145 Å². The number of hydrogen-bond acceptors (Lipinski definition) is 15. The lowest BCUT2D eigenvalue weighted by Gasteiger charge is -2.14. The summed E-state index contributed by atoms with van der Waals surface area (Å²) in [5.74, 6) is -3.74. The molecule has 7 N–H and O–H groups in total. The number of sulfonamides is 1. The fraction of sp³-hybridized carbons (Fsp3) is 0.745. The molecule has 0 spiro atoms. The van der Waals surface area contributed by atoms with Crippen LogP contribution in [0.4, 0.5) is 0 Å². The van der Waals surface area contributed by atoms with Gasteiger partial charge in [0.2, 0.25) is 39.6 Å². The number of carbonyl (C=O) groups is 7. The van der Waals surface area contributed by atoms with Crippen LogP contribution in [0.15, 0.2) is 24.3 Å². The summed E-state index contributed by atoms with van der Waals surface area (Å²) in [7, 11) is -3.84. The molecule has 0 radical (unpaired) electrons. The van der Waals surface area contributed by atoms with Gasteiger partial charge in [0.05, 0.1) is 62.9 Å². The van der Waals surface area contributed by atoms with Crippen LogP contribution < -0.4 is 30.7 Å². The Kier molecular flexibility index (Phi) is 42.8. The van der Waals surface area contributed by atoms with E-state index in [1.54, 1.807) is 24.3 Å². The molecule has 0 aliphatic carbocycles. The van der Waals surface area contributed by atoms with E-state index in [1.807, 2.05) is 0 Å². The smallest absolute Gasteiger partial charge is 0.335 e. The second-order valence-electron chi connectivity index (χ2n) is 17.8. The van der Waals surface area contributed by atoms with Crippen LogP contribution in [-0.2, 0) is 62.5 Å². The van der Waals surface area contributed by atoms with Gasteiger partial charge < -0.3 is 59.9 Å². The summed E-state index contributed by atoms with van der Waals surface area (Å²) in [6, 6.07) is 5.42. The first kappa shape index (κ1) is 68.6. The number of unbranched alkanes of at least 4 members (excludes halogenated alkanes) is 14. The van der Waals surface area contributed by atoms with E-state index in [2.05, 4.69) is 41.9 Å². The monoisotopic (exact) mass is 1150 g/mol. The summed E-state index contributed by atoms with van der Waals surface area (Å²) in [6.45, 7) is 3.39. The fourth-order valence-electron chi connectivity index (χ4n) is 7.10. The number of benzene rings is 1. The maximum absolute atomic E-state index is 12.3. The van der Waals surface area contributed by atoms with Gasteiger partial charge in [0.15, 0.2) is 0 Å². The number of ether oxygens (including phenoxy) is 6. The molecule has 0 unspecified atom stereocenters. The Bertz CT molecular complexity index is 1830. The molecular weight excluding hydrogens is 1070 g/mol. The van der Waals surface area contributed by atoms with E-state index in [9.17, 15) is 47.1 Å². The second kappa shape index (κ2) is 46.8. The molecule has 0 bridgehead atoms. The highest BCUT2D eigenvalue weighted by Crippen LogP contribution is 2.15. The number of aromatic carboxylic acids is 1. The molecule has 0 heterocycles. The average molecular weight is 1150 g/mol. The van der Waals surface area contributed by atoms with Gasteiger partial charge in [0.25, 0.3) is 0 Å². The van der Waals surface area contributed by atoms with Gasteiger partial charge in [-0.1, -0.05) is 86.6 Å². The van der Waals surface area contributed by atoms with Crippen LogP contribution in [0.2, 0.25) is 0 Å². The SMILES string of the molecule is O=C(CBr)NCCCC[C@H](NC(=O)COCCOCCNC(=O)COCCOCCNC(=O)CCCS(=O)(=O)NC(=O)CCCCCCCCCOCCCCCCCCCCOc1ccc(C(=O)O)cc1)C(=O)O. The van der Waals surface area contributed by atoms with E-state index in [-0.39, 0.29) is 126 Å². The number of halogens is 1. The molecular formula is C51H86BrN5O17S. The molecule has 24 heteroatoms. The molecule has 0 aliphatic heterocycles. The van der Waals surface area contributed by atoms with E-state index in [0.717, 1.165) is 71.0 Å². The summed E-state index contributed by atoms with van der Waals surface area (Å²) in [6.07, 6.45) is 17.3. The summed E-state index contributed by atoms with van der Waals surface area (Å²) < 4.78 is 59.5. The van der Waals surface area contributed by atoms with E-state index in [0.29, 0.717) is 38.2 Å². The molecule has 1 aromatic carbocycles. The minimum absolute atomic E-state index is 0.0307. The molecule has 0 aliphatic rings. The zero-order valence-corrected chi connectivity index (χ0v) is 46.3. The van der Waals surface area contributed by atoms with Crippen molar-refractivity contribution in [2.45, 2.75) is 141 Å². The van der Waals surface area contributed by atoms with Crippen LogP contribution in [0.25, 0.3) is 0 Å². The van der Waals surface area contributed by atoms with Crippen molar-refractivity contribution in [3.63, 3.8) is 0 Å². The van der Waals surface area contributed by atoms with Crippen molar-refractivity contribution >= 4 is 67.4 Å². The molecule has 0 aromatic heterocycles. The van der Waals surface area contributed by atoms with Crippen molar-refractivity contribution in [2.75, 3.05) is 103 Å². The minimum Gasteiger partial charge on any atom is -0.494 e. The maximum Gasteiger partial charge on any atom is 0.335 e. The maximum atomic E-state index is 12.3. The third-order valence-electron chi connectivity index (χ3n) is 11.2. The summed E-state index contributed by atoms with van der Waals surface area (Å²) in [5, 5.41) is 28.8.